The van der Waals surface area contributed by atoms with Gasteiger partial charge in [-0.1, -0.05) is 31.5 Å². The molecule has 1 saturated heterocycles. The molecule has 1 aromatic carbocycles. The van der Waals surface area contributed by atoms with Crippen LogP contribution in [0.1, 0.15) is 37.6 Å². The molecule has 4 heteroatoms. The summed E-state index contributed by atoms with van der Waals surface area (Å²) in [7, 11) is 0. The maximum atomic E-state index is 12.7. The first kappa shape index (κ1) is 14.9. The zero-order valence-corrected chi connectivity index (χ0v) is 13.8. The number of benzene rings is 1. The van der Waals surface area contributed by atoms with E-state index in [-0.39, 0.29) is 11.9 Å². The van der Waals surface area contributed by atoms with Crippen molar-refractivity contribution in [2.45, 2.75) is 33.2 Å². The number of carbonyl (C=O) groups is 1. The van der Waals surface area contributed by atoms with Gasteiger partial charge in [0, 0.05) is 17.1 Å². The van der Waals surface area contributed by atoms with Gasteiger partial charge in [-0.2, -0.15) is 0 Å². The lowest BCUT2D eigenvalue weighted by atomic mass is 9.85. The first-order valence-electron chi connectivity index (χ1n) is 6.66. The van der Waals surface area contributed by atoms with Crippen LogP contribution in [0.5, 0.6) is 0 Å². The Morgan fingerprint density at radius 3 is 2.74 bits per heavy atom. The van der Waals surface area contributed by atoms with E-state index in [9.17, 15) is 4.79 Å². The summed E-state index contributed by atoms with van der Waals surface area (Å²) < 4.78 is 0.769. The Labute approximate surface area is 128 Å². The van der Waals surface area contributed by atoms with Gasteiger partial charge >= 0.3 is 0 Å². The van der Waals surface area contributed by atoms with E-state index < -0.39 is 0 Å². The van der Waals surface area contributed by atoms with Gasteiger partial charge in [-0.15, -0.1) is 0 Å². The second-order valence-corrected chi connectivity index (χ2v) is 6.85. The molecule has 1 aliphatic heterocycles. The zero-order valence-electron chi connectivity index (χ0n) is 11.5. The molecule has 0 bridgehead atoms. The van der Waals surface area contributed by atoms with Crippen molar-refractivity contribution in [1.82, 2.24) is 4.90 Å². The molecule has 0 saturated carbocycles. The third-order valence-corrected chi connectivity index (χ3v) is 5.34. The van der Waals surface area contributed by atoms with Crippen LogP contribution in [0, 0.1) is 11.8 Å². The zero-order chi connectivity index (χ0) is 14.2. The molecule has 104 valence electrons. The van der Waals surface area contributed by atoms with Crippen molar-refractivity contribution in [3.63, 3.8) is 0 Å². The van der Waals surface area contributed by atoms with Crippen molar-refractivity contribution in [1.29, 1.82) is 0 Å². The first-order chi connectivity index (χ1) is 8.91. The number of rotatable bonds is 1. The van der Waals surface area contributed by atoms with Crippen molar-refractivity contribution >= 4 is 33.4 Å². The average Bonchev–Trinajstić information content (AvgIpc) is 2.36. The molecule has 3 atom stereocenters. The molecule has 2 rings (SSSR count). The molecule has 0 spiro atoms. The topological polar surface area (TPSA) is 20.3 Å². The highest BCUT2D eigenvalue weighted by Crippen LogP contribution is 2.31. The van der Waals surface area contributed by atoms with Crippen LogP contribution >= 0.6 is 27.5 Å². The lowest BCUT2D eigenvalue weighted by Crippen LogP contribution is -2.48. The molecule has 1 aromatic rings. The van der Waals surface area contributed by atoms with E-state index in [2.05, 4.69) is 36.7 Å². The van der Waals surface area contributed by atoms with Gasteiger partial charge in [-0.25, -0.2) is 0 Å². The van der Waals surface area contributed by atoms with E-state index >= 15 is 0 Å². The lowest BCUT2D eigenvalue weighted by Gasteiger charge is -2.41. The first-order valence-corrected chi connectivity index (χ1v) is 7.84. The van der Waals surface area contributed by atoms with Crippen LogP contribution in [0.4, 0.5) is 0 Å². The summed E-state index contributed by atoms with van der Waals surface area (Å²) >= 11 is 9.61. The number of likely N-dealkylation sites (tertiary alicyclic amines) is 1. The molecular formula is C15H19BrClNO. The van der Waals surface area contributed by atoms with Crippen molar-refractivity contribution in [2.75, 3.05) is 6.54 Å². The highest BCUT2D eigenvalue weighted by molar-refractivity contribution is 9.10. The molecule has 19 heavy (non-hydrogen) atoms. The molecule has 1 heterocycles. The molecule has 0 N–H and O–H groups in total. The standard InChI is InChI=1S/C15H19BrClNO/c1-9-7-10(2)11(3)18(8-9)15(19)12-5-4-6-13(16)14(12)17/h4-6,9-11H,7-8H2,1-3H3. The summed E-state index contributed by atoms with van der Waals surface area (Å²) in [5, 5.41) is 0.505. The Bertz CT molecular complexity index is 491. The average molecular weight is 345 g/mol. The molecule has 1 fully saturated rings. The smallest absolute Gasteiger partial charge is 0.255 e. The Morgan fingerprint density at radius 2 is 2.05 bits per heavy atom. The Morgan fingerprint density at radius 1 is 1.37 bits per heavy atom. The van der Waals surface area contributed by atoms with E-state index in [1.807, 2.05) is 17.0 Å². The van der Waals surface area contributed by atoms with Gasteiger partial charge in [0.2, 0.25) is 0 Å². The molecule has 2 nitrogen and oxygen atoms in total. The SMILES string of the molecule is CC1CC(C)C(C)N(C(=O)c2cccc(Br)c2Cl)C1. The minimum absolute atomic E-state index is 0.0391. The molecule has 3 unspecified atom stereocenters. The number of carbonyl (C=O) groups excluding carboxylic acids is 1. The van der Waals surface area contributed by atoms with Crippen LogP contribution in [0.25, 0.3) is 0 Å². The number of hydrogen-bond donors (Lipinski definition) is 0. The molecule has 0 aliphatic carbocycles. The number of hydrogen-bond acceptors (Lipinski definition) is 1. The van der Waals surface area contributed by atoms with Gasteiger partial charge in [-0.05, 0) is 53.2 Å². The van der Waals surface area contributed by atoms with Crippen molar-refractivity contribution < 1.29 is 4.79 Å². The van der Waals surface area contributed by atoms with Gasteiger partial charge in [0.15, 0.2) is 0 Å². The molecular weight excluding hydrogens is 326 g/mol. The van der Waals surface area contributed by atoms with E-state index in [1.54, 1.807) is 6.07 Å². The number of amides is 1. The second kappa shape index (κ2) is 5.84. The fourth-order valence-electron chi connectivity index (χ4n) is 2.81. The monoisotopic (exact) mass is 343 g/mol. The van der Waals surface area contributed by atoms with Crippen LogP contribution in [0.15, 0.2) is 22.7 Å². The van der Waals surface area contributed by atoms with Crippen molar-refractivity contribution in [2.24, 2.45) is 11.8 Å². The number of halogens is 2. The normalized spacial score (nSPS) is 27.4. The fourth-order valence-corrected chi connectivity index (χ4v) is 3.38. The van der Waals surface area contributed by atoms with Gasteiger partial charge in [0.25, 0.3) is 5.91 Å². The van der Waals surface area contributed by atoms with Gasteiger partial charge in [0.1, 0.15) is 0 Å². The minimum atomic E-state index is 0.0391. The number of nitrogens with zero attached hydrogens (tertiary/aromatic N) is 1. The van der Waals surface area contributed by atoms with Crippen LogP contribution < -0.4 is 0 Å². The van der Waals surface area contributed by atoms with E-state index in [0.29, 0.717) is 22.4 Å². The summed E-state index contributed by atoms with van der Waals surface area (Å²) in [5.74, 6) is 1.11. The lowest BCUT2D eigenvalue weighted by molar-refractivity contribution is 0.0456. The maximum Gasteiger partial charge on any atom is 0.255 e. The van der Waals surface area contributed by atoms with E-state index in [4.69, 9.17) is 11.6 Å². The van der Waals surface area contributed by atoms with Gasteiger partial charge < -0.3 is 4.90 Å². The van der Waals surface area contributed by atoms with Crippen LogP contribution in [0.2, 0.25) is 5.02 Å². The summed E-state index contributed by atoms with van der Waals surface area (Å²) in [6.45, 7) is 7.35. The third-order valence-electron chi connectivity index (χ3n) is 4.04. The van der Waals surface area contributed by atoms with Crippen LogP contribution in [-0.4, -0.2) is 23.4 Å². The third kappa shape index (κ3) is 2.97. The predicted molar refractivity (Wildman–Crippen MR) is 82.6 cm³/mol. The van der Waals surface area contributed by atoms with E-state index in [0.717, 1.165) is 11.0 Å². The molecule has 1 amide bonds. The predicted octanol–water partition coefficient (Wildman–Crippen LogP) is 4.61. The highest BCUT2D eigenvalue weighted by Gasteiger charge is 2.33. The summed E-state index contributed by atoms with van der Waals surface area (Å²) in [4.78, 5) is 14.7. The van der Waals surface area contributed by atoms with Crippen LogP contribution in [-0.2, 0) is 0 Å². The molecule has 0 aromatic heterocycles. The summed E-state index contributed by atoms with van der Waals surface area (Å²) in [6, 6.07) is 5.76. The Balaban J connectivity index is 2.30. The molecule has 0 radical (unpaired) electrons. The summed E-state index contributed by atoms with van der Waals surface area (Å²) in [5.41, 5.74) is 0.587. The number of piperidine rings is 1. The maximum absolute atomic E-state index is 12.7. The second-order valence-electron chi connectivity index (χ2n) is 5.62. The fraction of sp³-hybridized carbons (Fsp3) is 0.533. The van der Waals surface area contributed by atoms with Gasteiger partial charge in [-0.3, -0.25) is 4.79 Å². The minimum Gasteiger partial charge on any atom is -0.335 e. The molecule has 1 aliphatic rings. The largest absolute Gasteiger partial charge is 0.335 e. The van der Waals surface area contributed by atoms with Crippen molar-refractivity contribution in [3.05, 3.63) is 33.3 Å². The van der Waals surface area contributed by atoms with Crippen molar-refractivity contribution in [3.8, 4) is 0 Å². The highest BCUT2D eigenvalue weighted by atomic mass is 79.9. The van der Waals surface area contributed by atoms with E-state index in [1.165, 1.54) is 6.42 Å². The Kier molecular flexibility index (Phi) is 4.57. The quantitative estimate of drug-likeness (QED) is 0.728. The van der Waals surface area contributed by atoms with Gasteiger partial charge in [0.05, 0.1) is 10.6 Å². The van der Waals surface area contributed by atoms with Crippen LogP contribution in [0.3, 0.4) is 0 Å². The Hall–Kier alpha value is -0.540. The summed E-state index contributed by atoms with van der Waals surface area (Å²) in [6.07, 6.45) is 1.18.